The number of esters is 2. The zero-order valence-electron chi connectivity index (χ0n) is 36.5. The van der Waals surface area contributed by atoms with E-state index in [-0.39, 0.29) is 19.4 Å². The minimum Gasteiger partial charge on any atom is -0.462 e. The molecule has 56 heavy (non-hydrogen) atoms. The van der Waals surface area contributed by atoms with Crippen LogP contribution in [0.1, 0.15) is 245 Å². The number of phosphoric acid groups is 1. The summed E-state index contributed by atoms with van der Waals surface area (Å²) in [6.07, 6.45) is 50.5. The first kappa shape index (κ1) is 54.5. The molecule has 0 fully saturated rings. The quantitative estimate of drug-likeness (QED) is 0.0270. The van der Waals surface area contributed by atoms with Crippen LogP contribution in [0.3, 0.4) is 0 Å². The molecule has 0 aromatic rings. The second-order valence-electron chi connectivity index (χ2n) is 16.1. The van der Waals surface area contributed by atoms with Crippen LogP contribution in [-0.2, 0) is 28.2 Å². The third-order valence-corrected chi connectivity index (χ3v) is 11.0. The predicted molar refractivity (Wildman–Crippen MR) is 235 cm³/mol. The number of unbranched alkanes of at least 4 members (excludes halogenated alkanes) is 31. The van der Waals surface area contributed by atoms with Gasteiger partial charge >= 0.3 is 19.8 Å². The lowest BCUT2D eigenvalue weighted by Crippen LogP contribution is -2.29. The monoisotopic (exact) mass is 813 g/mol. The molecule has 8 nitrogen and oxygen atoms in total. The molecular weight excluding hydrogens is 723 g/mol. The molecule has 0 saturated carbocycles. The number of phosphoric ester groups is 1. The van der Waals surface area contributed by atoms with Gasteiger partial charge in [0.25, 0.3) is 0 Å². The summed E-state index contributed by atoms with van der Waals surface area (Å²) < 4.78 is 26.4. The lowest BCUT2D eigenvalue weighted by Gasteiger charge is -2.18. The van der Waals surface area contributed by atoms with E-state index >= 15 is 0 Å². The highest BCUT2D eigenvalue weighted by Crippen LogP contribution is 2.36. The second kappa shape index (κ2) is 43.1. The molecule has 0 aliphatic rings. The van der Waals surface area contributed by atoms with Crippen LogP contribution in [0.5, 0.6) is 0 Å². The highest BCUT2D eigenvalue weighted by molar-refractivity contribution is 7.46. The smallest absolute Gasteiger partial charge is 0.462 e. The van der Waals surface area contributed by atoms with E-state index in [2.05, 4.69) is 42.7 Å². The first-order valence-corrected chi connectivity index (χ1v) is 25.2. The summed E-state index contributed by atoms with van der Waals surface area (Å²) in [4.78, 5) is 42.9. The van der Waals surface area contributed by atoms with E-state index < -0.39 is 32.5 Å². The Morgan fingerprint density at radius 1 is 0.464 bits per heavy atom. The third kappa shape index (κ3) is 45.2. The summed E-state index contributed by atoms with van der Waals surface area (Å²) in [5.74, 6) is -0.890. The molecular formula is C47H89O8P. The molecule has 0 heterocycles. The van der Waals surface area contributed by atoms with Gasteiger partial charge in [-0.25, -0.2) is 4.57 Å². The van der Waals surface area contributed by atoms with Crippen molar-refractivity contribution in [2.24, 2.45) is 0 Å². The second-order valence-corrected chi connectivity index (χ2v) is 17.4. The average molecular weight is 813 g/mol. The predicted octanol–water partition coefficient (Wildman–Crippen LogP) is 14.7. The largest absolute Gasteiger partial charge is 0.469 e. The van der Waals surface area contributed by atoms with Crippen LogP contribution >= 0.6 is 7.82 Å². The van der Waals surface area contributed by atoms with Gasteiger partial charge in [-0.05, 0) is 38.5 Å². The van der Waals surface area contributed by atoms with Gasteiger partial charge < -0.3 is 19.3 Å². The van der Waals surface area contributed by atoms with E-state index in [1.165, 1.54) is 154 Å². The Kier molecular flexibility index (Phi) is 42.0. The van der Waals surface area contributed by atoms with Gasteiger partial charge in [0, 0.05) is 12.8 Å². The maximum Gasteiger partial charge on any atom is 0.469 e. The standard InChI is InChI=1S/C47H89O8P/c1-3-5-7-9-11-13-15-17-19-20-21-22-23-24-25-26-28-29-31-33-35-37-39-41-46(48)53-43-45(44-54-56(50,51)52)55-47(49)42-40-38-36-34-32-30-27-18-16-14-12-10-8-6-4-2/h14,16,18,27,45H,3-13,15,17,19-26,28-44H2,1-2H3,(H2,50,51,52)/b16-14+,27-18+/t45-/m1/s1. The molecule has 0 unspecified atom stereocenters. The number of carbonyl (C=O) groups excluding carboxylic acids is 2. The van der Waals surface area contributed by atoms with Gasteiger partial charge in [0.05, 0.1) is 6.61 Å². The molecule has 2 N–H and O–H groups in total. The van der Waals surface area contributed by atoms with Gasteiger partial charge in [0.15, 0.2) is 6.10 Å². The summed E-state index contributed by atoms with van der Waals surface area (Å²) in [6, 6.07) is 0. The van der Waals surface area contributed by atoms with E-state index in [1.807, 2.05) is 0 Å². The first-order chi connectivity index (χ1) is 27.3. The van der Waals surface area contributed by atoms with E-state index in [9.17, 15) is 14.2 Å². The molecule has 0 spiro atoms. The van der Waals surface area contributed by atoms with Gasteiger partial charge in [-0.2, -0.15) is 0 Å². The SMILES string of the molecule is CCCCCC/C=C/C=C/CCCCCCCC(=O)O[C@H](COC(=O)CCCCCCCCCCCCCCCCCCCCCCCCC)COP(=O)(O)O. The average Bonchev–Trinajstić information content (AvgIpc) is 3.17. The molecule has 0 rings (SSSR count). The number of rotatable bonds is 44. The van der Waals surface area contributed by atoms with Gasteiger partial charge in [0.1, 0.15) is 6.61 Å². The van der Waals surface area contributed by atoms with Crippen molar-refractivity contribution >= 4 is 19.8 Å². The van der Waals surface area contributed by atoms with Crippen LogP contribution in [0.4, 0.5) is 0 Å². The van der Waals surface area contributed by atoms with Crippen molar-refractivity contribution in [2.45, 2.75) is 251 Å². The maximum absolute atomic E-state index is 12.4. The van der Waals surface area contributed by atoms with Crippen LogP contribution in [0.15, 0.2) is 24.3 Å². The normalized spacial score (nSPS) is 12.6. The zero-order chi connectivity index (χ0) is 41.1. The molecule has 0 bridgehead atoms. The molecule has 9 heteroatoms. The Bertz CT molecular complexity index is 962. The fraction of sp³-hybridized carbons (Fsp3) is 0.872. The number of hydrogen-bond acceptors (Lipinski definition) is 6. The number of ether oxygens (including phenoxy) is 2. The summed E-state index contributed by atoms with van der Waals surface area (Å²) in [5.41, 5.74) is 0. The molecule has 330 valence electrons. The van der Waals surface area contributed by atoms with Crippen molar-refractivity contribution in [2.75, 3.05) is 13.2 Å². The maximum atomic E-state index is 12.4. The van der Waals surface area contributed by atoms with Crippen molar-refractivity contribution in [1.29, 1.82) is 0 Å². The molecule has 0 aliphatic heterocycles. The lowest BCUT2D eigenvalue weighted by molar-refractivity contribution is -0.161. The van der Waals surface area contributed by atoms with Gasteiger partial charge in [-0.15, -0.1) is 0 Å². The van der Waals surface area contributed by atoms with Crippen molar-refractivity contribution < 1.29 is 37.9 Å². The third-order valence-electron chi connectivity index (χ3n) is 10.5. The van der Waals surface area contributed by atoms with Crippen LogP contribution < -0.4 is 0 Å². The molecule has 1 atom stereocenters. The van der Waals surface area contributed by atoms with Crippen molar-refractivity contribution in [3.8, 4) is 0 Å². The minimum absolute atomic E-state index is 0.197. The molecule has 0 amide bonds. The van der Waals surface area contributed by atoms with Crippen LogP contribution in [0.2, 0.25) is 0 Å². The highest BCUT2D eigenvalue weighted by Gasteiger charge is 2.23. The highest BCUT2D eigenvalue weighted by atomic mass is 31.2. The van der Waals surface area contributed by atoms with Crippen molar-refractivity contribution in [3.05, 3.63) is 24.3 Å². The number of hydrogen-bond donors (Lipinski definition) is 2. The van der Waals surface area contributed by atoms with Crippen molar-refractivity contribution in [1.82, 2.24) is 0 Å². The minimum atomic E-state index is -4.76. The summed E-state index contributed by atoms with van der Waals surface area (Å²) in [6.45, 7) is 3.69. The van der Waals surface area contributed by atoms with Gasteiger partial charge in [0.2, 0.25) is 0 Å². The molecule has 0 aliphatic carbocycles. The Balaban J connectivity index is 3.80. The number of carbonyl (C=O) groups is 2. The van der Waals surface area contributed by atoms with E-state index in [0.717, 1.165) is 57.8 Å². The van der Waals surface area contributed by atoms with E-state index in [0.29, 0.717) is 6.42 Å². The first-order valence-electron chi connectivity index (χ1n) is 23.6. The zero-order valence-corrected chi connectivity index (χ0v) is 37.4. The molecule has 0 aromatic heterocycles. The van der Waals surface area contributed by atoms with Gasteiger partial charge in [-0.3, -0.25) is 14.1 Å². The van der Waals surface area contributed by atoms with Crippen molar-refractivity contribution in [3.63, 3.8) is 0 Å². The fourth-order valence-corrected chi connectivity index (χ4v) is 7.31. The fourth-order valence-electron chi connectivity index (χ4n) is 6.95. The van der Waals surface area contributed by atoms with E-state index in [1.54, 1.807) is 0 Å². The summed E-state index contributed by atoms with van der Waals surface area (Å²) in [5, 5.41) is 0. The topological polar surface area (TPSA) is 119 Å². The van der Waals surface area contributed by atoms with Crippen LogP contribution in [0.25, 0.3) is 0 Å². The Morgan fingerprint density at radius 3 is 1.16 bits per heavy atom. The van der Waals surface area contributed by atoms with Crippen LogP contribution in [0, 0.1) is 0 Å². The number of allylic oxidation sites excluding steroid dienone is 4. The molecule has 0 radical (unpaired) electrons. The molecule has 0 saturated heterocycles. The van der Waals surface area contributed by atoms with E-state index in [4.69, 9.17) is 19.3 Å². The Hall–Kier alpha value is -1.47. The van der Waals surface area contributed by atoms with Crippen LogP contribution in [-0.4, -0.2) is 41.0 Å². The lowest BCUT2D eigenvalue weighted by atomic mass is 10.0. The Labute approximate surface area is 345 Å². The van der Waals surface area contributed by atoms with Gasteiger partial charge in [-0.1, -0.05) is 218 Å². The summed E-state index contributed by atoms with van der Waals surface area (Å²) in [7, 11) is -4.76. The molecule has 0 aromatic carbocycles. The Morgan fingerprint density at radius 2 is 0.786 bits per heavy atom. The summed E-state index contributed by atoms with van der Waals surface area (Å²) >= 11 is 0.